The van der Waals surface area contributed by atoms with Crippen LogP contribution in [0.15, 0.2) is 48.8 Å². The predicted octanol–water partition coefficient (Wildman–Crippen LogP) is 2.91. The molecule has 8 heteroatoms. The Morgan fingerprint density at radius 3 is 2.87 bits per heavy atom. The monoisotopic (exact) mass is 402 g/mol. The van der Waals surface area contributed by atoms with E-state index in [1.807, 2.05) is 25.1 Å². The molecule has 0 bridgehead atoms. The summed E-state index contributed by atoms with van der Waals surface area (Å²) in [6.45, 7) is 1.88. The van der Waals surface area contributed by atoms with E-state index in [2.05, 4.69) is 39.0 Å². The molecule has 1 aliphatic carbocycles. The molecule has 3 amide bonds. The number of rotatable bonds is 4. The highest BCUT2D eigenvalue weighted by atomic mass is 16.2. The van der Waals surface area contributed by atoms with E-state index in [1.54, 1.807) is 6.07 Å². The summed E-state index contributed by atoms with van der Waals surface area (Å²) in [6, 6.07) is 13.0. The molecule has 8 nitrogen and oxygen atoms in total. The summed E-state index contributed by atoms with van der Waals surface area (Å²) in [7, 11) is 0. The van der Waals surface area contributed by atoms with Gasteiger partial charge in [0, 0.05) is 0 Å². The van der Waals surface area contributed by atoms with Gasteiger partial charge in [0.1, 0.15) is 12.4 Å². The average Bonchev–Trinajstić information content (AvgIpc) is 3.38. The van der Waals surface area contributed by atoms with Gasteiger partial charge in [0.15, 0.2) is 0 Å². The van der Waals surface area contributed by atoms with Crippen molar-refractivity contribution in [3.63, 3.8) is 0 Å². The smallest absolute Gasteiger partial charge is 0.325 e. The molecule has 0 radical (unpaired) electrons. The SMILES string of the molecule is Cc1ccc(-n2cnnn2)cc1N1C(=O)NC(CC2CCCc3ccccc32)C1=O. The van der Waals surface area contributed by atoms with Crippen LogP contribution in [-0.4, -0.2) is 38.2 Å². The Bertz CT molecular complexity index is 1110. The predicted molar refractivity (Wildman–Crippen MR) is 110 cm³/mol. The number of urea groups is 1. The highest BCUT2D eigenvalue weighted by Crippen LogP contribution is 2.36. The van der Waals surface area contributed by atoms with Crippen LogP contribution in [0.4, 0.5) is 10.5 Å². The van der Waals surface area contributed by atoms with Gasteiger partial charge in [-0.05, 0) is 77.8 Å². The minimum Gasteiger partial charge on any atom is -0.325 e. The van der Waals surface area contributed by atoms with Crippen LogP contribution in [0.5, 0.6) is 0 Å². The first-order valence-corrected chi connectivity index (χ1v) is 10.2. The van der Waals surface area contributed by atoms with Crippen LogP contribution in [0.25, 0.3) is 5.69 Å². The number of anilines is 1. The first-order chi connectivity index (χ1) is 14.6. The van der Waals surface area contributed by atoms with Crippen LogP contribution in [0.2, 0.25) is 0 Å². The molecule has 0 spiro atoms. The highest BCUT2D eigenvalue weighted by Gasteiger charge is 2.41. The fourth-order valence-electron chi connectivity index (χ4n) is 4.56. The van der Waals surface area contributed by atoms with Gasteiger partial charge in [0.2, 0.25) is 0 Å². The molecule has 1 fully saturated rings. The lowest BCUT2D eigenvalue weighted by Crippen LogP contribution is -2.33. The van der Waals surface area contributed by atoms with Gasteiger partial charge < -0.3 is 5.32 Å². The molecule has 152 valence electrons. The number of carbonyl (C=O) groups is 2. The fraction of sp³-hybridized carbons (Fsp3) is 0.318. The van der Waals surface area contributed by atoms with Gasteiger partial charge in [-0.2, -0.15) is 0 Å². The van der Waals surface area contributed by atoms with Gasteiger partial charge in [-0.15, -0.1) is 5.10 Å². The number of nitrogens with one attached hydrogen (secondary N) is 1. The largest absolute Gasteiger partial charge is 0.329 e. The minimum absolute atomic E-state index is 0.208. The number of aromatic nitrogens is 4. The molecule has 30 heavy (non-hydrogen) atoms. The van der Waals surface area contributed by atoms with Crippen molar-refractivity contribution in [2.24, 2.45) is 0 Å². The Hall–Kier alpha value is -3.55. The van der Waals surface area contributed by atoms with E-state index < -0.39 is 6.04 Å². The second-order valence-electron chi connectivity index (χ2n) is 7.92. The zero-order valence-electron chi connectivity index (χ0n) is 16.7. The maximum atomic E-state index is 13.2. The highest BCUT2D eigenvalue weighted by molar-refractivity contribution is 6.21. The standard InChI is InChI=1S/C22H22N6O2/c1-14-9-10-17(27-13-23-25-26-27)12-20(14)28-21(29)19(24-22(28)30)11-16-7-4-6-15-5-2-3-8-18(15)16/h2-3,5,8-10,12-13,16,19H,4,6-7,11H2,1H3,(H,24,30). The molecule has 2 unspecified atom stereocenters. The first-order valence-electron chi connectivity index (χ1n) is 10.2. The Labute approximate surface area is 173 Å². The molecule has 1 saturated heterocycles. The third-order valence-corrected chi connectivity index (χ3v) is 6.08. The van der Waals surface area contributed by atoms with Crippen LogP contribution in [0.1, 0.15) is 41.9 Å². The summed E-state index contributed by atoms with van der Waals surface area (Å²) in [4.78, 5) is 27.3. The number of aryl methyl sites for hydroxylation is 2. The summed E-state index contributed by atoms with van der Waals surface area (Å²) in [5, 5.41) is 14.1. The van der Waals surface area contributed by atoms with E-state index in [-0.39, 0.29) is 17.9 Å². The molecular weight excluding hydrogens is 380 g/mol. The van der Waals surface area contributed by atoms with Crippen molar-refractivity contribution in [2.75, 3.05) is 4.90 Å². The van der Waals surface area contributed by atoms with Crippen molar-refractivity contribution in [1.29, 1.82) is 0 Å². The normalized spacial score (nSPS) is 20.9. The van der Waals surface area contributed by atoms with Crippen LogP contribution < -0.4 is 10.2 Å². The molecule has 3 aromatic rings. The van der Waals surface area contributed by atoms with E-state index in [0.29, 0.717) is 17.8 Å². The molecule has 5 rings (SSSR count). The number of hydrogen-bond donors (Lipinski definition) is 1. The Morgan fingerprint density at radius 2 is 2.03 bits per heavy atom. The summed E-state index contributed by atoms with van der Waals surface area (Å²) >= 11 is 0. The van der Waals surface area contributed by atoms with Gasteiger partial charge >= 0.3 is 6.03 Å². The molecular formula is C22H22N6O2. The average molecular weight is 402 g/mol. The van der Waals surface area contributed by atoms with Crippen molar-refractivity contribution in [3.8, 4) is 5.69 Å². The van der Waals surface area contributed by atoms with Crippen molar-refractivity contribution in [3.05, 3.63) is 65.5 Å². The molecule has 0 saturated carbocycles. The summed E-state index contributed by atoms with van der Waals surface area (Å²) in [5.74, 6) is 0.0674. The van der Waals surface area contributed by atoms with Gasteiger partial charge in [0.05, 0.1) is 11.4 Å². The lowest BCUT2D eigenvalue weighted by molar-refractivity contribution is -0.118. The van der Waals surface area contributed by atoms with Gasteiger partial charge in [-0.1, -0.05) is 30.3 Å². The van der Waals surface area contributed by atoms with E-state index in [9.17, 15) is 9.59 Å². The Balaban J connectivity index is 1.41. The van der Waals surface area contributed by atoms with Crippen molar-refractivity contribution in [1.82, 2.24) is 25.5 Å². The minimum atomic E-state index is -0.523. The molecule has 1 aromatic heterocycles. The second-order valence-corrected chi connectivity index (χ2v) is 7.92. The molecule has 2 aliphatic rings. The summed E-state index contributed by atoms with van der Waals surface area (Å²) < 4.78 is 1.50. The van der Waals surface area contributed by atoms with E-state index in [1.165, 1.54) is 27.0 Å². The van der Waals surface area contributed by atoms with Crippen molar-refractivity contribution >= 4 is 17.6 Å². The summed E-state index contributed by atoms with van der Waals surface area (Å²) in [5.41, 5.74) is 4.73. The first kappa shape index (κ1) is 18.5. The van der Waals surface area contributed by atoms with Gasteiger partial charge in [-0.3, -0.25) is 4.79 Å². The number of hydrogen-bond acceptors (Lipinski definition) is 5. The lowest BCUT2D eigenvalue weighted by Gasteiger charge is -2.27. The van der Waals surface area contributed by atoms with Crippen molar-refractivity contribution in [2.45, 2.75) is 44.6 Å². The van der Waals surface area contributed by atoms with Crippen LogP contribution in [-0.2, 0) is 11.2 Å². The van der Waals surface area contributed by atoms with Crippen LogP contribution in [0.3, 0.4) is 0 Å². The Kier molecular flexibility index (Phi) is 4.54. The fourth-order valence-corrected chi connectivity index (χ4v) is 4.56. The van der Waals surface area contributed by atoms with E-state index >= 15 is 0 Å². The molecule has 1 N–H and O–H groups in total. The molecule has 2 atom stereocenters. The third kappa shape index (κ3) is 3.14. The zero-order valence-corrected chi connectivity index (χ0v) is 16.7. The number of tetrazole rings is 1. The van der Waals surface area contributed by atoms with E-state index in [0.717, 1.165) is 24.8 Å². The van der Waals surface area contributed by atoms with E-state index in [4.69, 9.17) is 0 Å². The number of fused-ring (bicyclic) bond motifs is 1. The van der Waals surface area contributed by atoms with Crippen LogP contribution >= 0.6 is 0 Å². The molecule has 2 heterocycles. The number of carbonyl (C=O) groups excluding carboxylic acids is 2. The summed E-state index contributed by atoms with van der Waals surface area (Å²) in [6.07, 6.45) is 5.30. The van der Waals surface area contributed by atoms with Crippen molar-refractivity contribution < 1.29 is 9.59 Å². The maximum Gasteiger partial charge on any atom is 0.329 e. The second kappa shape index (κ2) is 7.37. The van der Waals surface area contributed by atoms with Gasteiger partial charge in [-0.25, -0.2) is 14.4 Å². The van der Waals surface area contributed by atoms with Crippen LogP contribution in [0, 0.1) is 6.92 Å². The maximum absolute atomic E-state index is 13.2. The van der Waals surface area contributed by atoms with Gasteiger partial charge in [0.25, 0.3) is 5.91 Å². The Morgan fingerprint density at radius 1 is 1.17 bits per heavy atom. The zero-order chi connectivity index (χ0) is 20.7. The topological polar surface area (TPSA) is 93.0 Å². The lowest BCUT2D eigenvalue weighted by atomic mass is 9.79. The number of nitrogens with zero attached hydrogens (tertiary/aromatic N) is 5. The third-order valence-electron chi connectivity index (χ3n) is 6.08. The quantitative estimate of drug-likeness (QED) is 0.678. The molecule has 2 aromatic carbocycles. The number of amides is 3. The number of benzene rings is 2. The molecule has 1 aliphatic heterocycles. The number of imide groups is 1.